The van der Waals surface area contributed by atoms with Crippen molar-refractivity contribution in [3.63, 3.8) is 0 Å². The fourth-order valence-corrected chi connectivity index (χ4v) is 4.41. The number of phosphoric ester groups is 1. The van der Waals surface area contributed by atoms with Gasteiger partial charge in [-0.25, -0.2) is 4.57 Å². The molecule has 0 aliphatic heterocycles. The van der Waals surface area contributed by atoms with Gasteiger partial charge in [0.1, 0.15) is 12.2 Å². The maximum absolute atomic E-state index is 11.6. The van der Waals surface area contributed by atoms with Crippen molar-refractivity contribution in [3.8, 4) is 0 Å². The largest absolute Gasteiger partial charge is 0.472 e. The molecule has 0 heterocycles. The van der Waals surface area contributed by atoms with E-state index in [0.29, 0.717) is 6.61 Å². The quantitative estimate of drug-likeness (QED) is 0.0407. The molecule has 0 aromatic carbocycles. The van der Waals surface area contributed by atoms with Crippen molar-refractivity contribution < 1.29 is 38.6 Å². The highest BCUT2D eigenvalue weighted by Gasteiger charge is 2.24. The first-order chi connectivity index (χ1) is 19.9. The molecule has 0 saturated carbocycles. The third-order valence-corrected chi connectivity index (χ3v) is 6.90. The van der Waals surface area contributed by atoms with Gasteiger partial charge in [0.05, 0.1) is 26.4 Å². The van der Waals surface area contributed by atoms with Gasteiger partial charge in [-0.2, -0.15) is 0 Å². The lowest BCUT2D eigenvalue weighted by Crippen LogP contribution is -2.23. The first kappa shape index (κ1) is 39.6. The average molecular weight is 601 g/mol. The third kappa shape index (κ3) is 31.4. The highest BCUT2D eigenvalue weighted by molar-refractivity contribution is 7.47. The molecular weight excluding hydrogens is 543 g/mol. The van der Waals surface area contributed by atoms with Crippen LogP contribution >= 0.6 is 7.82 Å². The van der Waals surface area contributed by atoms with Crippen molar-refractivity contribution in [1.82, 2.24) is 0 Å². The Morgan fingerprint density at radius 2 is 1.05 bits per heavy atom. The number of allylic oxidation sites excluding steroid dienone is 10. The van der Waals surface area contributed by atoms with Gasteiger partial charge in [0.15, 0.2) is 0 Å². The van der Waals surface area contributed by atoms with Crippen molar-refractivity contribution in [2.24, 2.45) is 0 Å². The number of rotatable bonds is 29. The molecule has 3 unspecified atom stereocenters. The topological polar surface area (TPSA) is 126 Å². The Balaban J connectivity index is 3.45. The second kappa shape index (κ2) is 30.1. The summed E-state index contributed by atoms with van der Waals surface area (Å²) in [4.78, 5) is 9.44. The van der Waals surface area contributed by atoms with E-state index in [-0.39, 0.29) is 6.61 Å². The van der Waals surface area contributed by atoms with E-state index in [1.807, 2.05) is 0 Å². The Labute approximate surface area is 249 Å². The van der Waals surface area contributed by atoms with Crippen molar-refractivity contribution in [1.29, 1.82) is 0 Å². The number of aliphatic hydroxyl groups is 3. The zero-order valence-corrected chi connectivity index (χ0v) is 26.1. The molecule has 0 aromatic heterocycles. The van der Waals surface area contributed by atoms with Crippen LogP contribution in [-0.2, 0) is 18.3 Å². The predicted octanol–water partition coefficient (Wildman–Crippen LogP) is 7.11. The first-order valence-electron chi connectivity index (χ1n) is 15.3. The van der Waals surface area contributed by atoms with Crippen LogP contribution in [0.1, 0.15) is 96.8 Å². The predicted molar refractivity (Wildman–Crippen MR) is 168 cm³/mol. The third-order valence-electron chi connectivity index (χ3n) is 5.95. The minimum absolute atomic E-state index is 0.00282. The highest BCUT2D eigenvalue weighted by atomic mass is 31.2. The first-order valence-corrected chi connectivity index (χ1v) is 16.8. The van der Waals surface area contributed by atoms with E-state index in [0.717, 1.165) is 57.8 Å². The van der Waals surface area contributed by atoms with Gasteiger partial charge in [-0.15, -0.1) is 0 Å². The lowest BCUT2D eigenvalue weighted by atomic mass is 10.1. The van der Waals surface area contributed by atoms with E-state index in [4.69, 9.17) is 14.9 Å². The van der Waals surface area contributed by atoms with E-state index in [2.05, 4.69) is 76.7 Å². The van der Waals surface area contributed by atoms with Gasteiger partial charge < -0.3 is 24.9 Å². The smallest absolute Gasteiger partial charge is 0.394 e. The van der Waals surface area contributed by atoms with Crippen LogP contribution in [0.15, 0.2) is 60.8 Å². The van der Waals surface area contributed by atoms with Crippen LogP contribution in [0.2, 0.25) is 0 Å². The number of hydrogen-bond donors (Lipinski definition) is 4. The van der Waals surface area contributed by atoms with Crippen LogP contribution in [0.3, 0.4) is 0 Å². The maximum Gasteiger partial charge on any atom is 0.472 e. The van der Waals surface area contributed by atoms with Crippen molar-refractivity contribution >= 4 is 7.82 Å². The summed E-state index contributed by atoms with van der Waals surface area (Å²) in [6.07, 6.45) is 35.6. The second-order valence-corrected chi connectivity index (χ2v) is 11.4. The Bertz CT molecular complexity index is 763. The molecule has 9 heteroatoms. The van der Waals surface area contributed by atoms with Gasteiger partial charge in [0.25, 0.3) is 0 Å². The summed E-state index contributed by atoms with van der Waals surface area (Å²) in [6.45, 7) is 1.10. The van der Waals surface area contributed by atoms with Crippen molar-refractivity contribution in [2.45, 2.75) is 109 Å². The average Bonchev–Trinajstić information content (AvgIpc) is 2.96. The lowest BCUT2D eigenvalue weighted by molar-refractivity contribution is -0.00437. The summed E-state index contributed by atoms with van der Waals surface area (Å²) in [5.41, 5.74) is 0. The molecule has 0 aliphatic carbocycles. The number of phosphoric acid groups is 1. The van der Waals surface area contributed by atoms with Crippen LogP contribution < -0.4 is 0 Å². The monoisotopic (exact) mass is 600 g/mol. The summed E-state index contributed by atoms with van der Waals surface area (Å²) >= 11 is 0. The fraction of sp³-hybridized carbons (Fsp3) is 0.688. The molecule has 0 spiro atoms. The highest BCUT2D eigenvalue weighted by Crippen LogP contribution is 2.43. The zero-order chi connectivity index (χ0) is 30.3. The van der Waals surface area contributed by atoms with Gasteiger partial charge in [-0.05, 0) is 51.4 Å². The number of hydrogen-bond acceptors (Lipinski definition) is 7. The zero-order valence-electron chi connectivity index (χ0n) is 25.2. The molecule has 0 amide bonds. The Hall–Kier alpha value is -1.35. The molecule has 0 aromatic rings. The molecule has 0 aliphatic rings. The van der Waals surface area contributed by atoms with Gasteiger partial charge >= 0.3 is 7.82 Å². The summed E-state index contributed by atoms with van der Waals surface area (Å²) < 4.78 is 26.1. The van der Waals surface area contributed by atoms with Crippen LogP contribution in [0.5, 0.6) is 0 Å². The van der Waals surface area contributed by atoms with E-state index in [1.54, 1.807) is 0 Å². The number of aliphatic hydroxyl groups excluding tert-OH is 3. The van der Waals surface area contributed by atoms with Gasteiger partial charge in [0.2, 0.25) is 0 Å². The molecule has 0 fully saturated rings. The van der Waals surface area contributed by atoms with Gasteiger partial charge in [-0.3, -0.25) is 9.05 Å². The summed E-state index contributed by atoms with van der Waals surface area (Å²) in [5.74, 6) is 0. The Morgan fingerprint density at radius 1 is 0.610 bits per heavy atom. The summed E-state index contributed by atoms with van der Waals surface area (Å²) in [7, 11) is -4.40. The standard InChI is InChI=1S/C32H57O8P/c1-2-3-4-5-6-7-8-9-10-11-12-13-14-15-16-17-18-19-20-21-22-23-24-25-26-38-28-32(35)30-40-41(36,37)39-29-31(34)27-33/h3-4,6-7,9-10,12-13,15-16,31-35H,2,5,8,11,14,17-30H2,1H3,(H,36,37)/b4-3-,7-6-,10-9-,13-12-,16-15-. The molecule has 8 nitrogen and oxygen atoms in total. The molecule has 0 rings (SSSR count). The molecule has 41 heavy (non-hydrogen) atoms. The van der Waals surface area contributed by atoms with Crippen molar-refractivity contribution in [3.05, 3.63) is 60.8 Å². The minimum Gasteiger partial charge on any atom is -0.394 e. The number of unbranched alkanes of at least 4 members (excludes halogenated alkanes) is 8. The normalized spacial score (nSPS) is 15.7. The molecule has 238 valence electrons. The fourth-order valence-electron chi connectivity index (χ4n) is 3.61. The molecule has 0 saturated heterocycles. The minimum atomic E-state index is -4.40. The van der Waals surface area contributed by atoms with E-state index in [9.17, 15) is 14.6 Å². The molecule has 3 atom stereocenters. The van der Waals surface area contributed by atoms with Crippen LogP contribution in [0, 0.1) is 0 Å². The summed E-state index contributed by atoms with van der Waals surface area (Å²) in [5, 5.41) is 27.6. The van der Waals surface area contributed by atoms with Crippen LogP contribution in [0.25, 0.3) is 0 Å². The molecule has 0 radical (unpaired) electrons. The number of ether oxygens (including phenoxy) is 1. The van der Waals surface area contributed by atoms with Gasteiger partial charge in [0, 0.05) is 6.61 Å². The van der Waals surface area contributed by atoms with Gasteiger partial charge in [-0.1, -0.05) is 106 Å². The molecular formula is C32H57O8P. The Morgan fingerprint density at radius 3 is 1.56 bits per heavy atom. The van der Waals surface area contributed by atoms with E-state index in [1.165, 1.54) is 32.1 Å². The molecule has 0 bridgehead atoms. The van der Waals surface area contributed by atoms with Crippen LogP contribution in [0.4, 0.5) is 0 Å². The second-order valence-electron chi connectivity index (χ2n) is 9.95. The van der Waals surface area contributed by atoms with E-state index >= 15 is 0 Å². The van der Waals surface area contributed by atoms with E-state index < -0.39 is 39.9 Å². The Kier molecular flexibility index (Phi) is 29.1. The molecule has 4 N–H and O–H groups in total. The maximum atomic E-state index is 11.6. The lowest BCUT2D eigenvalue weighted by Gasteiger charge is -2.16. The summed E-state index contributed by atoms with van der Waals surface area (Å²) in [6, 6.07) is 0. The SMILES string of the molecule is CC/C=C\C/C=C\C/C=C\C/C=C\C/C=C\CCCCCCCCCCOCC(O)COP(=O)(O)OCC(O)CO. The van der Waals surface area contributed by atoms with Crippen molar-refractivity contribution in [2.75, 3.05) is 33.0 Å². The van der Waals surface area contributed by atoms with Crippen LogP contribution in [-0.4, -0.2) is 65.5 Å².